The van der Waals surface area contributed by atoms with E-state index < -0.39 is 52.6 Å². The number of ether oxygens (including phenoxy) is 1. The van der Waals surface area contributed by atoms with Gasteiger partial charge in [-0.2, -0.15) is 0 Å². The molecule has 1 aliphatic carbocycles. The molecule has 7 heterocycles. The van der Waals surface area contributed by atoms with Gasteiger partial charge in [-0.05, 0) is 105 Å². The zero-order chi connectivity index (χ0) is 55.3. The predicted octanol–water partition coefficient (Wildman–Crippen LogP) is 6.39. The number of amides is 4. The zero-order valence-corrected chi connectivity index (χ0v) is 47.0. The van der Waals surface area contributed by atoms with Crippen molar-refractivity contribution in [1.29, 1.82) is 0 Å². The number of aromatic nitrogens is 3. The van der Waals surface area contributed by atoms with Crippen LogP contribution in [0, 0.1) is 41.2 Å². The summed E-state index contributed by atoms with van der Waals surface area (Å²) in [6.45, 7) is 18.9. The van der Waals surface area contributed by atoms with Crippen molar-refractivity contribution in [3.63, 3.8) is 0 Å². The van der Waals surface area contributed by atoms with Crippen molar-refractivity contribution in [2.24, 2.45) is 22.7 Å². The van der Waals surface area contributed by atoms with Crippen molar-refractivity contribution in [2.45, 2.75) is 136 Å². The van der Waals surface area contributed by atoms with E-state index in [-0.39, 0.29) is 61.2 Å². The lowest BCUT2D eigenvalue weighted by atomic mass is 9.82. The summed E-state index contributed by atoms with van der Waals surface area (Å²) in [5, 5.41) is 20.0. The fourth-order valence-corrected chi connectivity index (χ4v) is 13.6. The number of aryl methyl sites for hydroxylation is 1. The number of likely N-dealkylation sites (tertiary alicyclic amines) is 2. The molecule has 4 amide bonds. The second-order valence-corrected chi connectivity index (χ2v) is 25.8. The van der Waals surface area contributed by atoms with Crippen LogP contribution in [-0.2, 0) is 30.5 Å². The number of rotatable bonds is 14. The Morgan fingerprint density at radius 1 is 0.872 bits per heavy atom. The number of carbonyl (C=O) groups is 4. The number of nitrogens with zero attached hydrogens (tertiary/aromatic N) is 8. The minimum Gasteiger partial charge on any atom is -0.391 e. The minimum absolute atomic E-state index is 0.0201. The van der Waals surface area contributed by atoms with E-state index in [0.29, 0.717) is 56.4 Å². The van der Waals surface area contributed by atoms with Gasteiger partial charge in [-0.1, -0.05) is 58.9 Å². The highest BCUT2D eigenvalue weighted by molar-refractivity contribution is 7.13. The molecule has 0 bridgehead atoms. The Kier molecular flexibility index (Phi) is 15.9. The van der Waals surface area contributed by atoms with Gasteiger partial charge in [-0.15, -0.1) is 11.3 Å². The molecular formula is C58H77F2N11O6S. The van der Waals surface area contributed by atoms with Crippen LogP contribution in [0.1, 0.15) is 109 Å². The maximum absolute atomic E-state index is 15.8. The summed E-state index contributed by atoms with van der Waals surface area (Å²) in [4.78, 5) is 79.4. The predicted molar refractivity (Wildman–Crippen MR) is 296 cm³/mol. The molecule has 10 rings (SSSR count). The molecule has 78 heavy (non-hydrogen) atoms. The van der Waals surface area contributed by atoms with E-state index in [0.717, 1.165) is 85.2 Å². The smallest absolute Gasteiger partial charge is 0.246 e. The molecule has 2 aromatic carbocycles. The van der Waals surface area contributed by atoms with Crippen molar-refractivity contribution in [3.05, 3.63) is 82.8 Å². The van der Waals surface area contributed by atoms with E-state index >= 15 is 8.78 Å². The van der Waals surface area contributed by atoms with Crippen LogP contribution in [0.25, 0.3) is 10.4 Å². The molecule has 6 aliphatic rings. The Morgan fingerprint density at radius 3 is 2.21 bits per heavy atom. The molecule has 5 saturated heterocycles. The number of β-amino-alcohol motifs (C(OH)–C–C–N with tert-alkyl or cyclic N) is 1. The molecule has 0 radical (unpaired) electrons. The van der Waals surface area contributed by atoms with Gasteiger partial charge in [0, 0.05) is 69.9 Å². The summed E-state index contributed by atoms with van der Waals surface area (Å²) in [6, 6.07) is 10.3. The van der Waals surface area contributed by atoms with Gasteiger partial charge >= 0.3 is 0 Å². The number of anilines is 3. The number of halogens is 2. The van der Waals surface area contributed by atoms with E-state index in [2.05, 4.69) is 59.4 Å². The molecule has 420 valence electrons. The lowest BCUT2D eigenvalue weighted by Crippen LogP contribution is -2.66. The van der Waals surface area contributed by atoms with Crippen molar-refractivity contribution in [2.75, 3.05) is 80.2 Å². The van der Waals surface area contributed by atoms with E-state index in [1.807, 2.05) is 70.5 Å². The topological polar surface area (TPSA) is 189 Å². The van der Waals surface area contributed by atoms with Crippen LogP contribution in [0.3, 0.4) is 0 Å². The number of fused-ring (bicyclic) bond motifs is 1. The second-order valence-electron chi connectivity index (χ2n) is 25.0. The monoisotopic (exact) mass is 1090 g/mol. The first-order chi connectivity index (χ1) is 37.1. The zero-order valence-electron chi connectivity index (χ0n) is 46.2. The number of carbonyl (C=O) groups excluding carboxylic acids is 4. The number of thiazole rings is 1. The fourth-order valence-electron chi connectivity index (χ4n) is 12.7. The number of piperazine rings is 1. The number of nitrogens with one attached hydrogen (secondary N) is 3. The summed E-state index contributed by atoms with van der Waals surface area (Å²) >= 11 is 1.57. The summed E-state index contributed by atoms with van der Waals surface area (Å²) in [6.07, 6.45) is 5.47. The summed E-state index contributed by atoms with van der Waals surface area (Å²) in [7, 11) is 0. The lowest BCUT2D eigenvalue weighted by molar-refractivity contribution is -0.145. The highest BCUT2D eigenvalue weighted by atomic mass is 32.1. The van der Waals surface area contributed by atoms with E-state index in [1.54, 1.807) is 22.6 Å². The van der Waals surface area contributed by atoms with Crippen LogP contribution in [0.5, 0.6) is 0 Å². The highest BCUT2D eigenvalue weighted by Crippen LogP contribution is 2.42. The molecule has 4 N–H and O–H groups in total. The third kappa shape index (κ3) is 12.3. The molecule has 1 spiro atoms. The van der Waals surface area contributed by atoms with Gasteiger partial charge in [0.15, 0.2) is 0 Å². The average molecular weight is 1090 g/mol. The molecule has 1 saturated carbocycles. The molecule has 2 aromatic heterocycles. The SMILES string of the molecule is Cc1ncsc1-c1ccc([C@H](C)NC(=O)[C@@H]2C[C@@H](O)CN2C(=O)[C@@H](NC(=O)CO[C@@H]2C[C@@H]3CN(c4cc(N5CCC6(CC5)CN(c5cc(F)c(CN7CCC(C)(C)CC7)cc5F)CC(=O)N6)ncn4)C[C@@H]3C2)C(C)(C)C)cc1. The van der Waals surface area contributed by atoms with Crippen LogP contribution >= 0.6 is 11.3 Å². The number of aliphatic hydroxyl groups is 1. The molecule has 17 nitrogen and oxygen atoms in total. The Labute approximate surface area is 460 Å². The van der Waals surface area contributed by atoms with Crippen LogP contribution < -0.4 is 30.7 Å². The largest absolute Gasteiger partial charge is 0.391 e. The van der Waals surface area contributed by atoms with Crippen molar-refractivity contribution < 1.29 is 37.8 Å². The normalized spacial score (nSPS) is 25.0. The second kappa shape index (κ2) is 22.4. The molecule has 5 aliphatic heterocycles. The Morgan fingerprint density at radius 2 is 1.55 bits per heavy atom. The molecule has 6 fully saturated rings. The van der Waals surface area contributed by atoms with Gasteiger partial charge in [0.2, 0.25) is 23.6 Å². The van der Waals surface area contributed by atoms with Gasteiger partial charge < -0.3 is 45.4 Å². The first-order valence-electron chi connectivity index (χ1n) is 27.9. The number of aliphatic hydroxyl groups excluding tert-OH is 1. The Balaban J connectivity index is 0.684. The number of benzene rings is 2. The Hall–Kier alpha value is -5.83. The van der Waals surface area contributed by atoms with Crippen LogP contribution in [0.2, 0.25) is 0 Å². The maximum atomic E-state index is 15.8. The number of hydrogen-bond acceptors (Lipinski definition) is 14. The highest BCUT2D eigenvalue weighted by Gasteiger charge is 2.47. The third-order valence-corrected chi connectivity index (χ3v) is 18.5. The standard InChI is InChI=1S/C58H77F2N11O6S/c1-35(37-8-10-38(11-9-37)52-36(2)63-34-78-52)64-54(75)47-23-42(72)29-71(47)55(76)53(56(3,4)5)65-51(74)31-77-43-20-39-27-69(28-40(39)21-43)49-25-48(61-33-62-49)68-18-14-58(15-19-68)32-70(30-50(73)66-58)46-24-44(59)41(22-45(46)60)26-67-16-12-57(6,7)13-17-67/h8-11,22,24-25,33-35,39-40,42-43,47,53,72H,12-21,23,26-32H2,1-7H3,(H,64,75)(H,65,74)(H,66,73)/t35-,39-,40+,42+,43-,47-,53+/m0/s1. The van der Waals surface area contributed by atoms with E-state index in [9.17, 15) is 24.3 Å². The number of hydrogen-bond donors (Lipinski definition) is 4. The van der Waals surface area contributed by atoms with Gasteiger partial charge in [0.25, 0.3) is 0 Å². The fraction of sp³-hybridized carbons (Fsp3) is 0.603. The van der Waals surface area contributed by atoms with Gasteiger partial charge in [0.05, 0.1) is 52.1 Å². The molecule has 20 heteroatoms. The molecule has 0 unspecified atom stereocenters. The first kappa shape index (κ1) is 55.5. The van der Waals surface area contributed by atoms with Gasteiger partial charge in [-0.25, -0.2) is 23.7 Å². The van der Waals surface area contributed by atoms with Crippen molar-refractivity contribution in [1.82, 2.24) is 40.7 Å². The first-order valence-corrected chi connectivity index (χ1v) is 28.8. The number of piperidine rings is 2. The van der Waals surface area contributed by atoms with Gasteiger partial charge in [0.1, 0.15) is 48.3 Å². The van der Waals surface area contributed by atoms with Crippen LogP contribution in [-0.4, -0.2) is 149 Å². The van der Waals surface area contributed by atoms with E-state index in [4.69, 9.17) is 4.74 Å². The average Bonchev–Trinajstić information content (AvgIpc) is 4.23. The van der Waals surface area contributed by atoms with Crippen molar-refractivity contribution in [3.8, 4) is 10.4 Å². The quantitative estimate of drug-likeness (QED) is 0.109. The van der Waals surface area contributed by atoms with Gasteiger partial charge in [-0.3, -0.25) is 24.1 Å². The van der Waals surface area contributed by atoms with Crippen LogP contribution in [0.15, 0.2) is 54.3 Å². The molecular weight excluding hydrogens is 1020 g/mol. The summed E-state index contributed by atoms with van der Waals surface area (Å²) < 4.78 is 37.6. The van der Waals surface area contributed by atoms with Crippen LogP contribution in [0.4, 0.5) is 26.1 Å². The lowest BCUT2D eigenvalue weighted by Gasteiger charge is -2.48. The summed E-state index contributed by atoms with van der Waals surface area (Å²) in [5.41, 5.74) is 4.13. The minimum atomic E-state index is -0.970. The van der Waals surface area contributed by atoms with Crippen molar-refractivity contribution >= 4 is 52.3 Å². The molecule has 4 aromatic rings. The third-order valence-electron chi connectivity index (χ3n) is 17.5. The van der Waals surface area contributed by atoms with E-state index in [1.165, 1.54) is 17.0 Å². The summed E-state index contributed by atoms with van der Waals surface area (Å²) in [5.74, 6) is -0.0859. The molecule has 7 atom stereocenters. The maximum Gasteiger partial charge on any atom is 0.246 e. The Bertz CT molecular complexity index is 2830.